The summed E-state index contributed by atoms with van der Waals surface area (Å²) < 4.78 is 6.68. The third-order valence-electron chi connectivity index (χ3n) is 2.16. The largest absolute Gasteiger partial charge is 0.507 e. The predicted molar refractivity (Wildman–Crippen MR) is 87.3 cm³/mol. The van der Waals surface area contributed by atoms with E-state index < -0.39 is 5.91 Å². The first-order valence-corrected chi connectivity index (χ1v) is 7.29. The molecule has 0 atom stereocenters. The molecule has 0 bridgehead atoms. The highest BCUT2D eigenvalue weighted by molar-refractivity contribution is 14.1. The molecule has 2 N–H and O–H groups in total. The van der Waals surface area contributed by atoms with Crippen molar-refractivity contribution in [2.24, 2.45) is 5.10 Å². The summed E-state index contributed by atoms with van der Waals surface area (Å²) in [6.07, 6.45) is 1.41. The van der Waals surface area contributed by atoms with Gasteiger partial charge in [-0.2, -0.15) is 5.10 Å². The highest BCUT2D eigenvalue weighted by Crippen LogP contribution is 2.20. The van der Waals surface area contributed by atoms with Crippen molar-refractivity contribution in [3.8, 4) is 5.75 Å². The average molecular weight is 482 g/mol. The molecule has 0 unspecified atom stereocenters. The number of rotatable bonds is 3. The molecule has 0 aliphatic rings. The lowest BCUT2D eigenvalue weighted by atomic mass is 10.2. The predicted octanol–water partition coefficient (Wildman–Crippen LogP) is 2.96. The minimum atomic E-state index is -0.399. The molecule has 1 heterocycles. The van der Waals surface area contributed by atoms with E-state index in [1.54, 1.807) is 24.3 Å². The minimum Gasteiger partial charge on any atom is -0.507 e. The van der Waals surface area contributed by atoms with Gasteiger partial charge in [0, 0.05) is 5.56 Å². The molecule has 5 nitrogen and oxygen atoms in total. The van der Waals surface area contributed by atoms with Crippen LogP contribution in [0.5, 0.6) is 5.75 Å². The monoisotopic (exact) mass is 482 g/mol. The Kier molecular flexibility index (Phi) is 4.80. The van der Waals surface area contributed by atoms with Crippen molar-refractivity contribution in [1.82, 2.24) is 5.43 Å². The minimum absolute atomic E-state index is 0.0674. The van der Waals surface area contributed by atoms with Crippen LogP contribution in [-0.2, 0) is 0 Å². The Morgan fingerprint density at radius 1 is 1.32 bits per heavy atom. The number of furan rings is 1. The summed E-state index contributed by atoms with van der Waals surface area (Å²) in [5.74, 6) is 0.220. The molecular formula is C12H8I2N2O3. The van der Waals surface area contributed by atoms with Crippen molar-refractivity contribution >= 4 is 57.3 Å². The maximum atomic E-state index is 11.7. The summed E-state index contributed by atoms with van der Waals surface area (Å²) >= 11 is 4.02. The third-order valence-corrected chi connectivity index (χ3v) is 3.65. The van der Waals surface area contributed by atoms with Gasteiger partial charge in [0.1, 0.15) is 11.5 Å². The number of halogens is 2. The third kappa shape index (κ3) is 3.93. The molecule has 1 amide bonds. The van der Waals surface area contributed by atoms with Gasteiger partial charge in [-0.05, 0) is 75.5 Å². The van der Waals surface area contributed by atoms with E-state index in [2.05, 4.69) is 10.5 Å². The van der Waals surface area contributed by atoms with Gasteiger partial charge in [0.15, 0.2) is 3.77 Å². The van der Waals surface area contributed by atoms with Gasteiger partial charge in [-0.15, -0.1) is 0 Å². The fourth-order valence-electron chi connectivity index (χ4n) is 1.27. The molecule has 98 valence electrons. The van der Waals surface area contributed by atoms with Gasteiger partial charge < -0.3 is 9.52 Å². The molecule has 1 aromatic heterocycles. The van der Waals surface area contributed by atoms with Gasteiger partial charge in [0.05, 0.1) is 9.78 Å². The standard InChI is InChI=1S/C12H8I2N2O3/c13-9-3-1-7(5-10(9)17)12(18)16-15-6-8-2-4-11(14)19-8/h1-6,17H,(H,16,18)/b15-6-. The Balaban J connectivity index is 2.01. The number of phenols is 1. The van der Waals surface area contributed by atoms with Crippen LogP contribution in [0.15, 0.2) is 39.9 Å². The summed E-state index contributed by atoms with van der Waals surface area (Å²) in [4.78, 5) is 11.7. The Labute approximate surface area is 136 Å². The van der Waals surface area contributed by atoms with Crippen LogP contribution < -0.4 is 5.43 Å². The van der Waals surface area contributed by atoms with E-state index in [1.165, 1.54) is 12.3 Å². The van der Waals surface area contributed by atoms with Gasteiger partial charge in [-0.3, -0.25) is 4.79 Å². The van der Waals surface area contributed by atoms with E-state index in [9.17, 15) is 9.90 Å². The lowest BCUT2D eigenvalue weighted by molar-refractivity contribution is 0.0954. The van der Waals surface area contributed by atoms with Gasteiger partial charge >= 0.3 is 0 Å². The van der Waals surface area contributed by atoms with Crippen LogP contribution in [0.1, 0.15) is 16.1 Å². The molecule has 0 radical (unpaired) electrons. The number of nitrogens with one attached hydrogen (secondary N) is 1. The van der Waals surface area contributed by atoms with Crippen molar-refractivity contribution < 1.29 is 14.3 Å². The number of carbonyl (C=O) groups is 1. The van der Waals surface area contributed by atoms with Crippen LogP contribution in [0.2, 0.25) is 0 Å². The second-order valence-electron chi connectivity index (χ2n) is 3.51. The molecule has 0 saturated carbocycles. The Morgan fingerprint density at radius 3 is 2.74 bits per heavy atom. The first kappa shape index (κ1) is 14.3. The van der Waals surface area contributed by atoms with Crippen molar-refractivity contribution in [2.45, 2.75) is 0 Å². The van der Waals surface area contributed by atoms with Crippen LogP contribution >= 0.6 is 45.2 Å². The average Bonchev–Trinajstić information content (AvgIpc) is 2.78. The Morgan fingerprint density at radius 2 is 2.11 bits per heavy atom. The van der Waals surface area contributed by atoms with Crippen LogP contribution in [-0.4, -0.2) is 17.2 Å². The molecular weight excluding hydrogens is 474 g/mol. The molecule has 1 aromatic carbocycles. The number of benzene rings is 1. The number of nitrogens with zero attached hydrogens (tertiary/aromatic N) is 1. The van der Waals surface area contributed by atoms with Crippen molar-refractivity contribution in [2.75, 3.05) is 0 Å². The number of hydrogen-bond donors (Lipinski definition) is 2. The van der Waals surface area contributed by atoms with E-state index in [-0.39, 0.29) is 5.75 Å². The molecule has 19 heavy (non-hydrogen) atoms. The van der Waals surface area contributed by atoms with Crippen molar-refractivity contribution in [3.63, 3.8) is 0 Å². The molecule has 2 aromatic rings. The van der Waals surface area contributed by atoms with Crippen LogP contribution in [0.25, 0.3) is 0 Å². The Bertz CT molecular complexity index is 638. The molecule has 7 heteroatoms. The first-order valence-electron chi connectivity index (χ1n) is 5.13. The molecule has 2 rings (SSSR count). The first-order chi connectivity index (χ1) is 9.06. The second kappa shape index (κ2) is 6.37. The lowest BCUT2D eigenvalue weighted by Crippen LogP contribution is -2.17. The smallest absolute Gasteiger partial charge is 0.271 e. The highest BCUT2D eigenvalue weighted by atomic mass is 127. The zero-order valence-electron chi connectivity index (χ0n) is 9.43. The molecule has 0 fully saturated rings. The number of hydrogen-bond acceptors (Lipinski definition) is 4. The molecule has 0 saturated heterocycles. The van der Waals surface area contributed by atoms with E-state index in [1.807, 2.05) is 45.2 Å². The maximum absolute atomic E-state index is 11.7. The van der Waals surface area contributed by atoms with Crippen LogP contribution in [0.4, 0.5) is 0 Å². The van der Waals surface area contributed by atoms with Crippen molar-refractivity contribution in [1.29, 1.82) is 0 Å². The zero-order valence-corrected chi connectivity index (χ0v) is 13.7. The van der Waals surface area contributed by atoms with Gasteiger partial charge in [-0.25, -0.2) is 5.43 Å². The summed E-state index contributed by atoms with van der Waals surface area (Å²) in [6, 6.07) is 8.20. The highest BCUT2D eigenvalue weighted by Gasteiger charge is 2.07. The fraction of sp³-hybridized carbons (Fsp3) is 0. The van der Waals surface area contributed by atoms with Crippen LogP contribution in [0, 0.1) is 7.34 Å². The summed E-state index contributed by atoms with van der Waals surface area (Å²) in [5.41, 5.74) is 2.69. The van der Waals surface area contributed by atoms with E-state index >= 15 is 0 Å². The summed E-state index contributed by atoms with van der Waals surface area (Å²) in [7, 11) is 0. The van der Waals surface area contributed by atoms with E-state index in [0.717, 1.165) is 3.77 Å². The normalized spacial score (nSPS) is 10.8. The Hall–Kier alpha value is -1.10. The van der Waals surface area contributed by atoms with Gasteiger partial charge in [0.25, 0.3) is 5.91 Å². The maximum Gasteiger partial charge on any atom is 0.271 e. The number of aromatic hydroxyl groups is 1. The second-order valence-corrected chi connectivity index (χ2v) is 5.73. The summed E-state index contributed by atoms with van der Waals surface area (Å²) in [5, 5.41) is 13.3. The quantitative estimate of drug-likeness (QED) is 0.402. The van der Waals surface area contributed by atoms with E-state index in [0.29, 0.717) is 14.9 Å². The number of phenolic OH excluding ortho intramolecular Hbond substituents is 1. The van der Waals surface area contributed by atoms with E-state index in [4.69, 9.17) is 4.42 Å². The molecule has 0 aliphatic carbocycles. The number of amides is 1. The topological polar surface area (TPSA) is 74.8 Å². The SMILES string of the molecule is O=C(N/N=C\c1ccc(I)o1)c1ccc(I)c(O)c1. The molecule has 0 aliphatic heterocycles. The molecule has 0 spiro atoms. The fourth-order valence-corrected chi connectivity index (χ4v) is 2.04. The number of hydrazone groups is 1. The van der Waals surface area contributed by atoms with Crippen molar-refractivity contribution in [3.05, 3.63) is 49.0 Å². The van der Waals surface area contributed by atoms with Gasteiger partial charge in [0.2, 0.25) is 0 Å². The zero-order chi connectivity index (χ0) is 13.8. The van der Waals surface area contributed by atoms with Crippen LogP contribution in [0.3, 0.4) is 0 Å². The summed E-state index contributed by atoms with van der Waals surface area (Å²) in [6.45, 7) is 0. The lowest BCUT2D eigenvalue weighted by Gasteiger charge is -2.01. The number of carbonyl (C=O) groups excluding carboxylic acids is 1. The van der Waals surface area contributed by atoms with Gasteiger partial charge in [-0.1, -0.05) is 0 Å².